The van der Waals surface area contributed by atoms with Gasteiger partial charge in [-0.1, -0.05) is 0 Å². The molecule has 1 aliphatic rings. The van der Waals surface area contributed by atoms with Gasteiger partial charge in [0.2, 0.25) is 17.7 Å². The van der Waals surface area contributed by atoms with Crippen molar-refractivity contribution in [2.45, 2.75) is 32.7 Å². The van der Waals surface area contributed by atoms with Crippen LogP contribution in [0, 0.1) is 5.92 Å². The van der Waals surface area contributed by atoms with E-state index in [0.29, 0.717) is 6.42 Å². The number of carboxylic acids is 1. The molecule has 1 saturated heterocycles. The molecular formula is C13H21N3O5. The third-order valence-corrected chi connectivity index (χ3v) is 3.45. The Bertz CT molecular complexity index is 428. The topological polar surface area (TPSA) is 116 Å². The monoisotopic (exact) mass is 299 g/mol. The van der Waals surface area contributed by atoms with Gasteiger partial charge < -0.3 is 20.6 Å². The molecule has 0 aromatic heterocycles. The molecule has 0 aromatic rings. The fourth-order valence-corrected chi connectivity index (χ4v) is 2.16. The Morgan fingerprint density at radius 2 is 2.14 bits per heavy atom. The van der Waals surface area contributed by atoms with Crippen LogP contribution < -0.4 is 10.6 Å². The van der Waals surface area contributed by atoms with Gasteiger partial charge in [0.15, 0.2) is 0 Å². The minimum Gasteiger partial charge on any atom is -0.480 e. The van der Waals surface area contributed by atoms with Crippen molar-refractivity contribution in [3.05, 3.63) is 0 Å². The lowest BCUT2D eigenvalue weighted by atomic mass is 9.97. The lowest BCUT2D eigenvalue weighted by molar-refractivity contribution is -0.152. The van der Waals surface area contributed by atoms with Crippen molar-refractivity contribution in [1.29, 1.82) is 0 Å². The highest BCUT2D eigenvalue weighted by Gasteiger charge is 2.32. The maximum absolute atomic E-state index is 12.4. The Morgan fingerprint density at radius 3 is 2.62 bits per heavy atom. The smallest absolute Gasteiger partial charge is 0.326 e. The summed E-state index contributed by atoms with van der Waals surface area (Å²) in [5.74, 6) is -2.17. The van der Waals surface area contributed by atoms with E-state index in [4.69, 9.17) is 5.11 Å². The molecule has 1 rings (SSSR count). The highest BCUT2D eigenvalue weighted by Crippen LogP contribution is 2.16. The molecule has 1 aliphatic heterocycles. The van der Waals surface area contributed by atoms with Crippen molar-refractivity contribution in [2.75, 3.05) is 19.6 Å². The molecule has 2 atom stereocenters. The zero-order valence-corrected chi connectivity index (χ0v) is 12.2. The maximum Gasteiger partial charge on any atom is 0.326 e. The van der Waals surface area contributed by atoms with E-state index in [1.165, 1.54) is 18.7 Å². The highest BCUT2D eigenvalue weighted by atomic mass is 16.4. The minimum absolute atomic E-state index is 0.102. The number of aliphatic carboxylic acids is 1. The molecule has 3 N–H and O–H groups in total. The lowest BCUT2D eigenvalue weighted by Gasteiger charge is -2.32. The first kappa shape index (κ1) is 16.9. The van der Waals surface area contributed by atoms with Gasteiger partial charge in [-0.3, -0.25) is 14.4 Å². The number of amides is 3. The summed E-state index contributed by atoms with van der Waals surface area (Å²) in [5, 5.41) is 14.2. The molecule has 0 radical (unpaired) electrons. The molecule has 3 amide bonds. The van der Waals surface area contributed by atoms with E-state index in [9.17, 15) is 19.2 Å². The Hall–Kier alpha value is -2.12. The van der Waals surface area contributed by atoms with Crippen molar-refractivity contribution in [1.82, 2.24) is 15.5 Å². The predicted molar refractivity (Wildman–Crippen MR) is 73.2 cm³/mol. The van der Waals surface area contributed by atoms with Gasteiger partial charge in [-0.15, -0.1) is 0 Å². The number of hydrogen-bond donors (Lipinski definition) is 3. The first-order valence-corrected chi connectivity index (χ1v) is 6.87. The van der Waals surface area contributed by atoms with Crippen LogP contribution in [0.4, 0.5) is 0 Å². The molecular weight excluding hydrogens is 278 g/mol. The molecule has 2 unspecified atom stereocenters. The average Bonchev–Trinajstić information content (AvgIpc) is 2.42. The van der Waals surface area contributed by atoms with Crippen molar-refractivity contribution in [3.63, 3.8) is 0 Å². The van der Waals surface area contributed by atoms with Crippen LogP contribution in [0.3, 0.4) is 0 Å². The molecule has 8 heteroatoms. The minimum atomic E-state index is -1.11. The Balaban J connectivity index is 2.69. The normalized spacial score (nSPS) is 19.3. The maximum atomic E-state index is 12.4. The number of nitrogens with one attached hydrogen (secondary N) is 2. The van der Waals surface area contributed by atoms with E-state index in [2.05, 4.69) is 10.6 Å². The molecule has 0 spiro atoms. The summed E-state index contributed by atoms with van der Waals surface area (Å²) in [7, 11) is 0. The van der Waals surface area contributed by atoms with Crippen LogP contribution >= 0.6 is 0 Å². The van der Waals surface area contributed by atoms with Crippen molar-refractivity contribution >= 4 is 23.7 Å². The molecule has 21 heavy (non-hydrogen) atoms. The second kappa shape index (κ2) is 7.61. The molecule has 8 nitrogen and oxygen atoms in total. The molecule has 0 bridgehead atoms. The number of carboxylic acid groups (broad SMARTS) is 1. The van der Waals surface area contributed by atoms with Gasteiger partial charge >= 0.3 is 5.97 Å². The summed E-state index contributed by atoms with van der Waals surface area (Å²) < 4.78 is 0. The molecule has 118 valence electrons. The zero-order chi connectivity index (χ0) is 16.0. The molecule has 1 heterocycles. The third kappa shape index (κ3) is 5.05. The van der Waals surface area contributed by atoms with Crippen molar-refractivity contribution in [3.8, 4) is 0 Å². The van der Waals surface area contributed by atoms with E-state index in [1.807, 2.05) is 0 Å². The van der Waals surface area contributed by atoms with Crippen LogP contribution in [0.1, 0.15) is 26.7 Å². The van der Waals surface area contributed by atoms with Crippen LogP contribution in [-0.4, -0.2) is 59.4 Å². The van der Waals surface area contributed by atoms with Gasteiger partial charge in [-0.2, -0.15) is 0 Å². The van der Waals surface area contributed by atoms with Gasteiger partial charge in [-0.05, 0) is 13.3 Å². The SMILES string of the molecule is CC(=O)NCCN(C(=O)C1CCC(=O)NC1)C(C)C(=O)O. The molecule has 0 aromatic carbocycles. The molecule has 1 fully saturated rings. The first-order valence-electron chi connectivity index (χ1n) is 6.87. The summed E-state index contributed by atoms with van der Waals surface area (Å²) in [6.45, 7) is 3.31. The third-order valence-electron chi connectivity index (χ3n) is 3.45. The van der Waals surface area contributed by atoms with E-state index >= 15 is 0 Å². The molecule has 0 saturated carbocycles. The van der Waals surface area contributed by atoms with Gasteiger partial charge in [0.1, 0.15) is 6.04 Å². The predicted octanol–water partition coefficient (Wildman–Crippen LogP) is -1.05. The van der Waals surface area contributed by atoms with Crippen molar-refractivity contribution < 1.29 is 24.3 Å². The van der Waals surface area contributed by atoms with Crippen LogP contribution in [0.5, 0.6) is 0 Å². The molecule has 0 aliphatic carbocycles. The van der Waals surface area contributed by atoms with Crippen LogP contribution in [0.2, 0.25) is 0 Å². The Labute approximate surface area is 122 Å². The first-order chi connectivity index (χ1) is 9.82. The van der Waals surface area contributed by atoms with Gasteiger partial charge in [0.05, 0.1) is 5.92 Å². The number of carbonyl (C=O) groups is 4. The van der Waals surface area contributed by atoms with E-state index < -0.39 is 17.9 Å². The number of piperidine rings is 1. The van der Waals surface area contributed by atoms with Gasteiger partial charge in [0, 0.05) is 33.0 Å². The summed E-state index contributed by atoms with van der Waals surface area (Å²) in [6, 6.07) is -0.983. The lowest BCUT2D eigenvalue weighted by Crippen LogP contribution is -2.51. The standard InChI is InChI=1S/C13H21N3O5/c1-8(13(20)21)16(6-5-14-9(2)17)12(19)10-3-4-11(18)15-7-10/h8,10H,3-7H2,1-2H3,(H,14,17)(H,15,18)(H,20,21). The van der Waals surface area contributed by atoms with Crippen molar-refractivity contribution in [2.24, 2.45) is 5.92 Å². The zero-order valence-electron chi connectivity index (χ0n) is 12.2. The van der Waals surface area contributed by atoms with Crippen LogP contribution in [-0.2, 0) is 19.2 Å². The van der Waals surface area contributed by atoms with Gasteiger partial charge in [0.25, 0.3) is 0 Å². The fraction of sp³-hybridized carbons (Fsp3) is 0.692. The quantitative estimate of drug-likeness (QED) is 0.579. The van der Waals surface area contributed by atoms with E-state index in [-0.39, 0.29) is 43.8 Å². The van der Waals surface area contributed by atoms with E-state index in [0.717, 1.165) is 0 Å². The summed E-state index contributed by atoms with van der Waals surface area (Å²) in [5.41, 5.74) is 0. The summed E-state index contributed by atoms with van der Waals surface area (Å²) in [4.78, 5) is 46.8. The largest absolute Gasteiger partial charge is 0.480 e. The van der Waals surface area contributed by atoms with Crippen LogP contribution in [0.15, 0.2) is 0 Å². The second-order valence-corrected chi connectivity index (χ2v) is 5.07. The fourth-order valence-electron chi connectivity index (χ4n) is 2.16. The Kier molecular flexibility index (Phi) is 6.13. The number of hydrogen-bond acceptors (Lipinski definition) is 4. The summed E-state index contributed by atoms with van der Waals surface area (Å²) >= 11 is 0. The number of nitrogens with zero attached hydrogens (tertiary/aromatic N) is 1. The summed E-state index contributed by atoms with van der Waals surface area (Å²) in [6.07, 6.45) is 0.672. The van der Waals surface area contributed by atoms with Gasteiger partial charge in [-0.25, -0.2) is 4.79 Å². The highest BCUT2D eigenvalue weighted by molar-refractivity contribution is 5.87. The number of carbonyl (C=O) groups excluding carboxylic acids is 3. The van der Waals surface area contributed by atoms with Crippen LogP contribution in [0.25, 0.3) is 0 Å². The van der Waals surface area contributed by atoms with E-state index in [1.54, 1.807) is 0 Å². The average molecular weight is 299 g/mol. The number of rotatable bonds is 6. The second-order valence-electron chi connectivity index (χ2n) is 5.07. The Morgan fingerprint density at radius 1 is 1.48 bits per heavy atom.